The van der Waals surface area contributed by atoms with Crippen molar-refractivity contribution in [2.24, 2.45) is 5.92 Å². The van der Waals surface area contributed by atoms with Gasteiger partial charge in [0, 0.05) is 19.7 Å². The molecule has 1 saturated heterocycles. The smallest absolute Gasteiger partial charge is 0.186 e. The van der Waals surface area contributed by atoms with Gasteiger partial charge < -0.3 is 10.0 Å². The largest absolute Gasteiger partial charge is 0.396 e. The first-order valence-corrected chi connectivity index (χ1v) is 5.55. The first-order chi connectivity index (χ1) is 7.72. The number of hydrogen-bond donors (Lipinski definition) is 1. The number of nitrogens with zero attached hydrogens (tertiary/aromatic N) is 3. The Labute approximate surface area is 94.1 Å². The van der Waals surface area contributed by atoms with Crippen LogP contribution >= 0.6 is 0 Å². The van der Waals surface area contributed by atoms with Crippen LogP contribution in [0.2, 0.25) is 0 Å². The van der Waals surface area contributed by atoms with E-state index in [2.05, 4.69) is 9.97 Å². The van der Waals surface area contributed by atoms with Crippen LogP contribution in [-0.2, 0) is 0 Å². The van der Waals surface area contributed by atoms with Gasteiger partial charge in [-0.1, -0.05) is 0 Å². The van der Waals surface area contributed by atoms with Crippen LogP contribution in [0.3, 0.4) is 0 Å². The van der Waals surface area contributed by atoms with E-state index in [4.69, 9.17) is 5.11 Å². The van der Waals surface area contributed by atoms with Crippen LogP contribution in [0.1, 0.15) is 18.5 Å². The van der Waals surface area contributed by atoms with Crippen LogP contribution in [0, 0.1) is 18.7 Å². The highest BCUT2D eigenvalue weighted by molar-refractivity contribution is 5.41. The van der Waals surface area contributed by atoms with Crippen molar-refractivity contribution in [3.05, 3.63) is 17.8 Å². The van der Waals surface area contributed by atoms with Crippen molar-refractivity contribution in [1.82, 2.24) is 9.97 Å². The topological polar surface area (TPSA) is 49.2 Å². The minimum Gasteiger partial charge on any atom is -0.396 e. The average molecular weight is 225 g/mol. The second kappa shape index (κ2) is 4.74. The second-order valence-electron chi connectivity index (χ2n) is 4.21. The Morgan fingerprint density at radius 1 is 1.56 bits per heavy atom. The molecule has 2 rings (SSSR count). The molecule has 1 atom stereocenters. The fourth-order valence-electron chi connectivity index (χ4n) is 2.11. The third-order valence-corrected chi connectivity index (χ3v) is 3.07. The molecule has 0 saturated carbocycles. The average Bonchev–Trinajstić information content (AvgIpc) is 2.71. The number of hydrogen-bond acceptors (Lipinski definition) is 4. The van der Waals surface area contributed by atoms with Crippen LogP contribution in [0.5, 0.6) is 0 Å². The Bertz CT molecular complexity index is 372. The van der Waals surface area contributed by atoms with Crippen LogP contribution in [-0.4, -0.2) is 34.8 Å². The molecule has 0 aromatic carbocycles. The van der Waals surface area contributed by atoms with E-state index in [1.54, 1.807) is 6.92 Å². The molecule has 5 heteroatoms. The fourth-order valence-corrected chi connectivity index (χ4v) is 2.11. The van der Waals surface area contributed by atoms with Gasteiger partial charge in [-0.25, -0.2) is 14.4 Å². The van der Waals surface area contributed by atoms with Gasteiger partial charge in [-0.2, -0.15) is 0 Å². The highest BCUT2D eigenvalue weighted by Gasteiger charge is 2.25. The molecule has 1 unspecified atom stereocenters. The van der Waals surface area contributed by atoms with Gasteiger partial charge >= 0.3 is 0 Å². The molecular formula is C11H16FN3O. The van der Waals surface area contributed by atoms with Crippen LogP contribution < -0.4 is 4.90 Å². The van der Waals surface area contributed by atoms with Gasteiger partial charge in [-0.05, 0) is 25.7 Å². The third kappa shape index (κ3) is 2.14. The summed E-state index contributed by atoms with van der Waals surface area (Å²) in [6.45, 7) is 3.41. The first kappa shape index (κ1) is 11.3. The summed E-state index contributed by atoms with van der Waals surface area (Å²) in [6.07, 6.45) is 3.17. The number of aryl methyl sites for hydroxylation is 1. The van der Waals surface area contributed by atoms with Gasteiger partial charge in [0.05, 0.1) is 5.69 Å². The fraction of sp³-hybridized carbons (Fsp3) is 0.636. The summed E-state index contributed by atoms with van der Waals surface area (Å²) in [6, 6.07) is 0. The standard InChI is InChI=1S/C11H16FN3O/c1-8-10(12)11(14-7-13-8)15-4-2-9(6-15)3-5-16/h7,9,16H,2-6H2,1H3. The van der Waals surface area contributed by atoms with E-state index < -0.39 is 0 Å². The molecule has 1 aliphatic heterocycles. The lowest BCUT2D eigenvalue weighted by Gasteiger charge is -2.18. The summed E-state index contributed by atoms with van der Waals surface area (Å²) in [5.41, 5.74) is 0.385. The minimum absolute atomic E-state index is 0.198. The first-order valence-electron chi connectivity index (χ1n) is 5.55. The van der Waals surface area contributed by atoms with Gasteiger partial charge in [0.15, 0.2) is 11.6 Å². The zero-order valence-electron chi connectivity index (χ0n) is 9.36. The van der Waals surface area contributed by atoms with E-state index in [1.807, 2.05) is 4.90 Å². The van der Waals surface area contributed by atoms with E-state index >= 15 is 0 Å². The summed E-state index contributed by atoms with van der Waals surface area (Å²) in [7, 11) is 0. The molecule has 1 aliphatic rings. The number of anilines is 1. The van der Waals surface area contributed by atoms with Gasteiger partial charge in [-0.15, -0.1) is 0 Å². The van der Waals surface area contributed by atoms with Crippen molar-refractivity contribution >= 4 is 5.82 Å². The van der Waals surface area contributed by atoms with Crippen LogP contribution in [0.15, 0.2) is 6.33 Å². The van der Waals surface area contributed by atoms with Crippen LogP contribution in [0.4, 0.5) is 10.2 Å². The molecule has 0 aliphatic carbocycles. The number of aromatic nitrogens is 2. The Morgan fingerprint density at radius 2 is 2.38 bits per heavy atom. The van der Waals surface area contributed by atoms with Crippen molar-refractivity contribution in [2.45, 2.75) is 19.8 Å². The van der Waals surface area contributed by atoms with Crippen molar-refractivity contribution in [2.75, 3.05) is 24.6 Å². The Hall–Kier alpha value is -1.23. The van der Waals surface area contributed by atoms with E-state index in [9.17, 15) is 4.39 Å². The number of aliphatic hydroxyl groups excluding tert-OH is 1. The number of halogens is 1. The molecule has 0 spiro atoms. The lowest BCUT2D eigenvalue weighted by atomic mass is 10.1. The molecular weight excluding hydrogens is 209 g/mol. The summed E-state index contributed by atoms with van der Waals surface area (Å²) < 4.78 is 13.8. The second-order valence-corrected chi connectivity index (χ2v) is 4.21. The summed E-state index contributed by atoms with van der Waals surface area (Å²) in [4.78, 5) is 9.74. The van der Waals surface area contributed by atoms with E-state index in [0.29, 0.717) is 17.4 Å². The van der Waals surface area contributed by atoms with Crippen molar-refractivity contribution in [3.8, 4) is 0 Å². The maximum atomic E-state index is 13.8. The Kier molecular flexibility index (Phi) is 3.33. The molecule has 1 N–H and O–H groups in total. The van der Waals surface area contributed by atoms with Crippen LogP contribution in [0.25, 0.3) is 0 Å². The number of rotatable bonds is 3. The molecule has 2 heterocycles. The van der Waals surface area contributed by atoms with Crippen molar-refractivity contribution < 1.29 is 9.50 Å². The minimum atomic E-state index is -0.327. The lowest BCUT2D eigenvalue weighted by Crippen LogP contribution is -2.23. The third-order valence-electron chi connectivity index (χ3n) is 3.07. The van der Waals surface area contributed by atoms with Gasteiger partial charge in [0.2, 0.25) is 0 Å². The molecule has 1 aromatic heterocycles. The molecule has 88 valence electrons. The number of aliphatic hydroxyl groups is 1. The van der Waals surface area contributed by atoms with Gasteiger partial charge in [0.1, 0.15) is 6.33 Å². The summed E-state index contributed by atoms with van der Waals surface area (Å²) in [5.74, 6) is 0.514. The van der Waals surface area contributed by atoms with E-state index in [-0.39, 0.29) is 12.4 Å². The monoisotopic (exact) mass is 225 g/mol. The highest BCUT2D eigenvalue weighted by atomic mass is 19.1. The summed E-state index contributed by atoms with van der Waals surface area (Å²) >= 11 is 0. The normalized spacial score (nSPS) is 20.4. The molecule has 0 amide bonds. The molecule has 0 radical (unpaired) electrons. The highest BCUT2D eigenvalue weighted by Crippen LogP contribution is 2.26. The zero-order valence-corrected chi connectivity index (χ0v) is 9.36. The summed E-state index contributed by atoms with van der Waals surface area (Å²) in [5, 5.41) is 8.86. The maximum Gasteiger partial charge on any atom is 0.186 e. The SMILES string of the molecule is Cc1ncnc(N2CCC(CCO)C2)c1F. The quantitative estimate of drug-likeness (QED) is 0.838. The molecule has 1 aromatic rings. The molecule has 1 fully saturated rings. The maximum absolute atomic E-state index is 13.8. The van der Waals surface area contributed by atoms with E-state index in [1.165, 1.54) is 6.33 Å². The van der Waals surface area contributed by atoms with Gasteiger partial charge in [0.25, 0.3) is 0 Å². The predicted octanol–water partition coefficient (Wildman–Crippen LogP) is 1.13. The van der Waals surface area contributed by atoms with Gasteiger partial charge in [-0.3, -0.25) is 0 Å². The predicted molar refractivity (Wildman–Crippen MR) is 58.7 cm³/mol. The van der Waals surface area contributed by atoms with Crippen molar-refractivity contribution in [3.63, 3.8) is 0 Å². The molecule has 16 heavy (non-hydrogen) atoms. The Morgan fingerprint density at radius 3 is 3.12 bits per heavy atom. The Balaban J connectivity index is 2.11. The lowest BCUT2D eigenvalue weighted by molar-refractivity contribution is 0.263. The molecule has 4 nitrogen and oxygen atoms in total. The van der Waals surface area contributed by atoms with E-state index in [0.717, 1.165) is 25.9 Å². The van der Waals surface area contributed by atoms with Crippen molar-refractivity contribution in [1.29, 1.82) is 0 Å². The zero-order chi connectivity index (χ0) is 11.5. The molecule has 0 bridgehead atoms.